The fourth-order valence-corrected chi connectivity index (χ4v) is 5.90. The van der Waals surface area contributed by atoms with Crippen molar-refractivity contribution >= 4 is 57.8 Å². The van der Waals surface area contributed by atoms with E-state index >= 15 is 0 Å². The van der Waals surface area contributed by atoms with E-state index in [0.29, 0.717) is 64.5 Å². The Bertz CT molecular complexity index is 2300. The highest BCUT2D eigenvalue weighted by molar-refractivity contribution is 6.04. The molecule has 2 aromatic carbocycles. The van der Waals surface area contributed by atoms with E-state index in [9.17, 15) is 19.2 Å². The fourth-order valence-electron chi connectivity index (χ4n) is 5.90. The molecule has 0 atom stereocenters. The molecule has 0 spiro atoms. The van der Waals surface area contributed by atoms with Crippen molar-refractivity contribution in [3.05, 3.63) is 65.0 Å². The van der Waals surface area contributed by atoms with Crippen LogP contribution in [-0.2, 0) is 24.4 Å². The van der Waals surface area contributed by atoms with Crippen LogP contribution in [0.25, 0.3) is 22.1 Å². The third kappa shape index (κ3) is 8.97. The molecular weight excluding hydrogens is 710 g/mol. The number of imidazole rings is 2. The minimum Gasteiger partial charge on any atom is -0.494 e. The molecule has 5 aromatic rings. The zero-order valence-corrected chi connectivity index (χ0v) is 32.0. The molecule has 4 amide bonds. The number of ether oxygens (including phenoxy) is 3. The van der Waals surface area contributed by atoms with Crippen molar-refractivity contribution in [3.63, 3.8) is 0 Å². The van der Waals surface area contributed by atoms with Crippen LogP contribution in [0.5, 0.6) is 11.5 Å². The molecule has 18 heteroatoms. The topological polar surface area (TPSA) is 243 Å². The molecule has 0 radical (unpaired) electrons. The van der Waals surface area contributed by atoms with Gasteiger partial charge in [-0.05, 0) is 71.4 Å². The maximum absolute atomic E-state index is 13.5. The van der Waals surface area contributed by atoms with Crippen LogP contribution in [0, 0.1) is 6.92 Å². The first-order valence-corrected chi connectivity index (χ1v) is 17.6. The molecule has 3 heterocycles. The average molecular weight is 758 g/mol. The van der Waals surface area contributed by atoms with Gasteiger partial charge in [-0.25, -0.2) is 14.8 Å². The van der Waals surface area contributed by atoms with Crippen molar-refractivity contribution in [2.24, 2.45) is 11.5 Å². The molecule has 18 nitrogen and oxygen atoms in total. The molecule has 55 heavy (non-hydrogen) atoms. The number of nitrogen functional groups attached to an aromatic ring is 1. The van der Waals surface area contributed by atoms with Crippen molar-refractivity contribution in [3.8, 4) is 11.5 Å². The van der Waals surface area contributed by atoms with E-state index in [0.717, 1.165) is 0 Å². The van der Waals surface area contributed by atoms with E-state index in [2.05, 4.69) is 20.4 Å². The number of hydrogen-bond donors (Lipinski definition) is 4. The van der Waals surface area contributed by atoms with E-state index in [1.807, 2.05) is 19.1 Å². The van der Waals surface area contributed by atoms with Crippen LogP contribution in [0.4, 0.5) is 16.7 Å². The summed E-state index contributed by atoms with van der Waals surface area (Å²) in [6.45, 7) is 10.6. The summed E-state index contributed by atoms with van der Waals surface area (Å²) in [6.07, 6.45) is 3.70. The number of hydrogen-bond acceptors (Lipinski definition) is 11. The number of aromatic nitrogens is 6. The van der Waals surface area contributed by atoms with Crippen LogP contribution in [0.2, 0.25) is 0 Å². The number of fused-ring (bicyclic) bond motifs is 2. The molecule has 0 aliphatic carbocycles. The molecule has 7 N–H and O–H groups in total. The van der Waals surface area contributed by atoms with Crippen molar-refractivity contribution in [1.29, 1.82) is 0 Å². The van der Waals surface area contributed by atoms with Crippen molar-refractivity contribution in [2.75, 3.05) is 38.4 Å². The minimum atomic E-state index is -0.660. The standard InChI is InChI=1S/C37H47N11O7/c1-8-48-26(16-21(2)44-48)33(51)43-35-42-25-18-22(31(38)49)19-27(53-7)29(25)47(35)14-10-9-13-46-30-24(41-34(46)40)17-23(32(39)50)20-28(30)54-15-11-12-45(6)36(52)55-37(3,4)5/h9-10,16-20H,8,11-15H2,1-7H3,(H2,38,49)(H2,39,50)(H2,40,41)(H,42,43,51)/b10-9+. The smallest absolute Gasteiger partial charge is 0.410 e. The van der Waals surface area contributed by atoms with Gasteiger partial charge < -0.3 is 45.4 Å². The predicted octanol–water partition coefficient (Wildman–Crippen LogP) is 3.84. The molecule has 0 aliphatic rings. The maximum Gasteiger partial charge on any atom is 0.410 e. The first-order chi connectivity index (χ1) is 26.0. The maximum atomic E-state index is 13.5. The Morgan fingerprint density at radius 3 is 2.11 bits per heavy atom. The van der Waals surface area contributed by atoms with Gasteiger partial charge in [0.25, 0.3) is 5.91 Å². The van der Waals surface area contributed by atoms with E-state index in [1.165, 1.54) is 30.2 Å². The Hall–Kier alpha value is -6.59. The fraction of sp³-hybridized carbons (Fsp3) is 0.378. The largest absolute Gasteiger partial charge is 0.494 e. The van der Waals surface area contributed by atoms with Gasteiger partial charge in [-0.1, -0.05) is 12.2 Å². The zero-order valence-electron chi connectivity index (χ0n) is 32.0. The summed E-state index contributed by atoms with van der Waals surface area (Å²) in [5, 5.41) is 7.26. The number of nitrogens with zero attached hydrogens (tertiary/aromatic N) is 7. The van der Waals surface area contributed by atoms with Gasteiger partial charge in [0.05, 0.1) is 30.4 Å². The number of benzene rings is 2. The Morgan fingerprint density at radius 2 is 1.51 bits per heavy atom. The molecule has 0 unspecified atom stereocenters. The monoisotopic (exact) mass is 757 g/mol. The van der Waals surface area contributed by atoms with E-state index in [-0.39, 0.29) is 42.7 Å². The molecule has 0 fully saturated rings. The number of rotatable bonds is 15. The Labute approximate surface area is 317 Å². The molecule has 5 rings (SSSR count). The van der Waals surface area contributed by atoms with Crippen LogP contribution >= 0.6 is 0 Å². The molecule has 292 valence electrons. The number of amides is 4. The molecule has 0 saturated carbocycles. The van der Waals surface area contributed by atoms with Crippen LogP contribution in [-0.4, -0.2) is 90.5 Å². The number of carbonyl (C=O) groups is 4. The zero-order chi connectivity index (χ0) is 40.2. The highest BCUT2D eigenvalue weighted by Gasteiger charge is 2.23. The Morgan fingerprint density at radius 1 is 0.909 bits per heavy atom. The Balaban J connectivity index is 1.42. The molecule has 0 bridgehead atoms. The normalized spacial score (nSPS) is 11.7. The van der Waals surface area contributed by atoms with Crippen LogP contribution < -0.4 is 32.0 Å². The SMILES string of the molecule is CCn1nc(C)cc1C(=O)Nc1nc2cc(C(N)=O)cc(OC)c2n1C/C=C/Cn1c(N)nc2cc(C(N)=O)cc(OCCCN(C)C(=O)OC(C)(C)C)c21. The average Bonchev–Trinajstić information content (AvgIpc) is 3.78. The number of nitrogens with one attached hydrogen (secondary N) is 1. The van der Waals surface area contributed by atoms with Gasteiger partial charge in [-0.2, -0.15) is 5.10 Å². The lowest BCUT2D eigenvalue weighted by atomic mass is 10.1. The summed E-state index contributed by atoms with van der Waals surface area (Å²) in [4.78, 5) is 60.7. The lowest BCUT2D eigenvalue weighted by Crippen LogP contribution is -2.35. The summed E-state index contributed by atoms with van der Waals surface area (Å²) in [5.74, 6) is -0.706. The van der Waals surface area contributed by atoms with Crippen molar-refractivity contribution in [1.82, 2.24) is 33.8 Å². The first kappa shape index (κ1) is 39.6. The second-order valence-electron chi connectivity index (χ2n) is 13.8. The van der Waals surface area contributed by atoms with E-state index < -0.39 is 29.4 Å². The molecular formula is C37H47N11O7. The van der Waals surface area contributed by atoms with Gasteiger partial charge in [0, 0.05) is 44.4 Å². The van der Waals surface area contributed by atoms with Crippen LogP contribution in [0.1, 0.15) is 71.0 Å². The van der Waals surface area contributed by atoms with Gasteiger partial charge in [-0.15, -0.1) is 0 Å². The number of methoxy groups -OCH3 is 1. The third-order valence-electron chi connectivity index (χ3n) is 8.43. The Kier molecular flexibility index (Phi) is 11.7. The summed E-state index contributed by atoms with van der Waals surface area (Å²) in [5.41, 5.74) is 20.2. The van der Waals surface area contributed by atoms with Gasteiger partial charge in [0.15, 0.2) is 0 Å². The van der Waals surface area contributed by atoms with E-state index in [1.54, 1.807) is 60.7 Å². The summed E-state index contributed by atoms with van der Waals surface area (Å²) >= 11 is 0. The first-order valence-electron chi connectivity index (χ1n) is 17.6. The predicted molar refractivity (Wildman–Crippen MR) is 206 cm³/mol. The number of primary amides is 2. The van der Waals surface area contributed by atoms with Gasteiger partial charge >= 0.3 is 6.09 Å². The quantitative estimate of drug-likeness (QED) is 0.0883. The number of nitrogens with two attached hydrogens (primary N) is 3. The minimum absolute atomic E-state index is 0.167. The molecule has 0 saturated heterocycles. The lowest BCUT2D eigenvalue weighted by molar-refractivity contribution is 0.0291. The third-order valence-corrected chi connectivity index (χ3v) is 8.43. The number of anilines is 2. The van der Waals surface area contributed by atoms with E-state index in [4.69, 9.17) is 31.4 Å². The van der Waals surface area contributed by atoms with Crippen LogP contribution in [0.15, 0.2) is 42.5 Å². The highest BCUT2D eigenvalue weighted by Crippen LogP contribution is 2.32. The molecule has 0 aliphatic heterocycles. The second kappa shape index (κ2) is 16.2. The number of aryl methyl sites for hydroxylation is 2. The van der Waals surface area contributed by atoms with Gasteiger partial charge in [0.1, 0.15) is 33.8 Å². The second-order valence-corrected chi connectivity index (χ2v) is 13.8. The number of carbonyl (C=O) groups excluding carboxylic acids is 4. The van der Waals surface area contributed by atoms with Gasteiger partial charge in [-0.3, -0.25) is 24.4 Å². The lowest BCUT2D eigenvalue weighted by Gasteiger charge is -2.24. The number of allylic oxidation sites excluding steroid dienone is 2. The van der Waals surface area contributed by atoms with Crippen molar-refractivity contribution in [2.45, 2.75) is 66.3 Å². The van der Waals surface area contributed by atoms with Crippen molar-refractivity contribution < 1.29 is 33.4 Å². The highest BCUT2D eigenvalue weighted by atomic mass is 16.6. The van der Waals surface area contributed by atoms with Crippen LogP contribution in [0.3, 0.4) is 0 Å². The molecule has 3 aromatic heterocycles. The van der Waals surface area contributed by atoms with Gasteiger partial charge in [0.2, 0.25) is 23.7 Å². The summed E-state index contributed by atoms with van der Waals surface area (Å²) < 4.78 is 22.2. The summed E-state index contributed by atoms with van der Waals surface area (Å²) in [7, 11) is 3.10. The summed E-state index contributed by atoms with van der Waals surface area (Å²) in [6, 6.07) is 7.82.